The number of carbonyl (C=O) groups is 1. The molecular formula is C15H24FN3O3S. The van der Waals surface area contributed by atoms with Crippen molar-refractivity contribution in [3.63, 3.8) is 0 Å². The fourth-order valence-corrected chi connectivity index (χ4v) is 2.95. The predicted molar refractivity (Wildman–Crippen MR) is 89.2 cm³/mol. The van der Waals surface area contributed by atoms with Crippen LogP contribution in [0.2, 0.25) is 0 Å². The molecule has 1 atom stereocenters. The fourth-order valence-electron chi connectivity index (χ4n) is 2.20. The summed E-state index contributed by atoms with van der Waals surface area (Å²) >= 11 is 0. The Bertz CT molecular complexity index is 645. The van der Waals surface area contributed by atoms with E-state index >= 15 is 0 Å². The number of hydrogen-bond acceptors (Lipinski definition) is 4. The second kappa shape index (κ2) is 8.26. The maximum Gasteiger partial charge on any atom is 0.238 e. The number of halogens is 1. The summed E-state index contributed by atoms with van der Waals surface area (Å²) in [6.07, 6.45) is 0.984. The third-order valence-corrected chi connectivity index (χ3v) is 4.15. The summed E-state index contributed by atoms with van der Waals surface area (Å²) in [5.41, 5.74) is 1.13. The number of nitrogens with one attached hydrogen (secondary N) is 2. The quantitative estimate of drug-likeness (QED) is 0.743. The minimum atomic E-state index is -3.46. The van der Waals surface area contributed by atoms with Gasteiger partial charge in [0, 0.05) is 19.6 Å². The lowest BCUT2D eigenvalue weighted by molar-refractivity contribution is -0.122. The number of amides is 1. The van der Waals surface area contributed by atoms with Crippen molar-refractivity contribution in [3.8, 4) is 0 Å². The fraction of sp³-hybridized carbons (Fsp3) is 0.533. The predicted octanol–water partition coefficient (Wildman–Crippen LogP) is 1.23. The highest BCUT2D eigenvalue weighted by Gasteiger charge is 2.16. The van der Waals surface area contributed by atoms with Crippen LogP contribution in [0.25, 0.3) is 0 Å². The molecule has 0 bridgehead atoms. The van der Waals surface area contributed by atoms with Gasteiger partial charge < -0.3 is 10.2 Å². The molecule has 1 rings (SSSR count). The van der Waals surface area contributed by atoms with Crippen molar-refractivity contribution in [1.29, 1.82) is 0 Å². The van der Waals surface area contributed by atoms with Gasteiger partial charge in [-0.15, -0.1) is 0 Å². The number of nitrogens with zero attached hydrogens (tertiary/aromatic N) is 1. The number of carbonyl (C=O) groups excluding carboxylic acids is 1. The van der Waals surface area contributed by atoms with Gasteiger partial charge in [-0.25, -0.2) is 17.5 Å². The molecule has 130 valence electrons. The highest BCUT2D eigenvalue weighted by atomic mass is 32.2. The number of anilines is 1. The molecule has 8 heteroatoms. The van der Waals surface area contributed by atoms with Crippen molar-refractivity contribution in [3.05, 3.63) is 29.6 Å². The van der Waals surface area contributed by atoms with Crippen LogP contribution in [0, 0.1) is 5.82 Å². The zero-order valence-electron chi connectivity index (χ0n) is 13.9. The van der Waals surface area contributed by atoms with Crippen molar-refractivity contribution in [1.82, 2.24) is 10.0 Å². The molecule has 1 unspecified atom stereocenters. The second-order valence-corrected chi connectivity index (χ2v) is 7.07. The number of benzene rings is 1. The van der Waals surface area contributed by atoms with Gasteiger partial charge in [0.2, 0.25) is 15.9 Å². The Morgan fingerprint density at radius 2 is 1.91 bits per heavy atom. The van der Waals surface area contributed by atoms with Gasteiger partial charge in [-0.05, 0) is 38.5 Å². The number of rotatable bonds is 8. The van der Waals surface area contributed by atoms with Gasteiger partial charge in [0.1, 0.15) is 5.82 Å². The van der Waals surface area contributed by atoms with Crippen LogP contribution >= 0.6 is 0 Å². The van der Waals surface area contributed by atoms with E-state index in [1.165, 1.54) is 13.0 Å². The summed E-state index contributed by atoms with van der Waals surface area (Å²) in [6, 6.07) is 3.92. The Hall–Kier alpha value is -1.67. The molecule has 1 aromatic rings. The largest absolute Gasteiger partial charge is 0.370 e. The van der Waals surface area contributed by atoms with Crippen molar-refractivity contribution < 1.29 is 17.6 Å². The first kappa shape index (κ1) is 19.4. The summed E-state index contributed by atoms with van der Waals surface area (Å²) in [5, 5.41) is 2.58. The van der Waals surface area contributed by atoms with Crippen molar-refractivity contribution in [2.45, 2.75) is 33.4 Å². The van der Waals surface area contributed by atoms with Gasteiger partial charge in [0.25, 0.3) is 0 Å². The monoisotopic (exact) mass is 345 g/mol. The summed E-state index contributed by atoms with van der Waals surface area (Å²) in [7, 11) is -3.46. The molecule has 1 aromatic carbocycles. The minimum absolute atomic E-state index is 0.129. The molecular weight excluding hydrogens is 321 g/mol. The van der Waals surface area contributed by atoms with E-state index in [-0.39, 0.29) is 12.4 Å². The first-order valence-corrected chi connectivity index (χ1v) is 9.35. The lowest BCUT2D eigenvalue weighted by Crippen LogP contribution is -2.44. The van der Waals surface area contributed by atoms with Crippen molar-refractivity contribution in [2.24, 2.45) is 0 Å². The van der Waals surface area contributed by atoms with Crippen LogP contribution in [0.3, 0.4) is 0 Å². The van der Waals surface area contributed by atoms with Gasteiger partial charge in [0.15, 0.2) is 0 Å². The summed E-state index contributed by atoms with van der Waals surface area (Å²) in [5.74, 6) is -0.814. The van der Waals surface area contributed by atoms with E-state index in [0.717, 1.165) is 6.26 Å². The van der Waals surface area contributed by atoms with E-state index in [9.17, 15) is 17.6 Å². The van der Waals surface area contributed by atoms with Crippen LogP contribution in [-0.4, -0.2) is 39.7 Å². The average molecular weight is 345 g/mol. The molecule has 23 heavy (non-hydrogen) atoms. The van der Waals surface area contributed by atoms with Crippen LogP contribution in [0.1, 0.15) is 26.3 Å². The highest BCUT2D eigenvalue weighted by molar-refractivity contribution is 7.88. The topological polar surface area (TPSA) is 78.5 Å². The SMILES string of the molecule is CCN(CC)c1ccc(CNC(=O)C(C)NS(C)(=O)=O)cc1F. The Labute approximate surface area is 137 Å². The summed E-state index contributed by atoms with van der Waals surface area (Å²) in [4.78, 5) is 13.7. The first-order valence-electron chi connectivity index (χ1n) is 7.46. The van der Waals surface area contributed by atoms with E-state index in [2.05, 4.69) is 10.0 Å². The molecule has 2 N–H and O–H groups in total. The standard InChI is InChI=1S/C15H24FN3O3S/c1-5-19(6-2)14-8-7-12(9-13(14)16)10-17-15(20)11(3)18-23(4,21)22/h7-9,11,18H,5-6,10H2,1-4H3,(H,17,20). The maximum absolute atomic E-state index is 14.1. The number of hydrogen-bond donors (Lipinski definition) is 2. The molecule has 0 radical (unpaired) electrons. The van der Waals surface area contributed by atoms with Crippen LogP contribution in [0.5, 0.6) is 0 Å². The average Bonchev–Trinajstić information content (AvgIpc) is 2.46. The van der Waals surface area contributed by atoms with Crippen LogP contribution in [-0.2, 0) is 21.4 Å². The Kier molecular flexibility index (Phi) is 6.96. The van der Waals surface area contributed by atoms with Crippen LogP contribution < -0.4 is 14.9 Å². The van der Waals surface area contributed by atoms with Crippen molar-refractivity contribution >= 4 is 21.6 Å². The third kappa shape index (κ3) is 6.15. The molecule has 0 aliphatic rings. The second-order valence-electron chi connectivity index (χ2n) is 5.29. The van der Waals surface area contributed by atoms with Gasteiger partial charge in [0.05, 0.1) is 18.0 Å². The number of sulfonamides is 1. The van der Waals surface area contributed by atoms with Gasteiger partial charge in [-0.2, -0.15) is 0 Å². The highest BCUT2D eigenvalue weighted by Crippen LogP contribution is 2.20. The lowest BCUT2D eigenvalue weighted by Gasteiger charge is -2.22. The zero-order chi connectivity index (χ0) is 17.6. The van der Waals surface area contributed by atoms with E-state index in [4.69, 9.17) is 0 Å². The van der Waals surface area contributed by atoms with E-state index in [1.54, 1.807) is 12.1 Å². The first-order chi connectivity index (χ1) is 10.7. The van der Waals surface area contributed by atoms with Crippen LogP contribution in [0.4, 0.5) is 10.1 Å². The maximum atomic E-state index is 14.1. The van der Waals surface area contributed by atoms with Crippen molar-refractivity contribution in [2.75, 3.05) is 24.2 Å². The molecule has 0 aromatic heterocycles. The Morgan fingerprint density at radius 1 is 1.30 bits per heavy atom. The van der Waals surface area contributed by atoms with Gasteiger partial charge in [-0.3, -0.25) is 4.79 Å². The molecule has 0 aliphatic carbocycles. The Balaban J connectivity index is 2.69. The third-order valence-electron chi connectivity index (χ3n) is 3.37. The molecule has 0 heterocycles. The molecule has 0 saturated heterocycles. The van der Waals surface area contributed by atoms with Crippen LogP contribution in [0.15, 0.2) is 18.2 Å². The van der Waals surface area contributed by atoms with Gasteiger partial charge >= 0.3 is 0 Å². The normalized spacial score (nSPS) is 12.7. The molecule has 0 fully saturated rings. The summed E-state index contributed by atoms with van der Waals surface area (Å²) < 4.78 is 38.5. The molecule has 0 saturated carbocycles. The lowest BCUT2D eigenvalue weighted by atomic mass is 10.1. The van der Waals surface area contributed by atoms with E-state index in [0.29, 0.717) is 24.3 Å². The van der Waals surface area contributed by atoms with Gasteiger partial charge in [-0.1, -0.05) is 6.07 Å². The van der Waals surface area contributed by atoms with E-state index in [1.807, 2.05) is 18.7 Å². The molecule has 6 nitrogen and oxygen atoms in total. The van der Waals surface area contributed by atoms with E-state index < -0.39 is 22.0 Å². The smallest absolute Gasteiger partial charge is 0.238 e. The summed E-state index contributed by atoms with van der Waals surface area (Å²) in [6.45, 7) is 6.89. The minimum Gasteiger partial charge on any atom is -0.370 e. The molecule has 0 spiro atoms. The molecule has 0 aliphatic heterocycles. The Morgan fingerprint density at radius 3 is 2.39 bits per heavy atom. The molecule has 1 amide bonds. The zero-order valence-corrected chi connectivity index (χ0v) is 14.7.